The van der Waals surface area contributed by atoms with Gasteiger partial charge in [0, 0.05) is 55.6 Å². The summed E-state index contributed by atoms with van der Waals surface area (Å²) in [5.41, 5.74) is 8.42. The van der Waals surface area contributed by atoms with Crippen molar-refractivity contribution >= 4 is 44.7 Å². The molecule has 0 unspecified atom stereocenters. The summed E-state index contributed by atoms with van der Waals surface area (Å²) >= 11 is 1.59. The summed E-state index contributed by atoms with van der Waals surface area (Å²) in [4.78, 5) is 25.7. The number of H-pyrrole nitrogens is 1. The maximum Gasteiger partial charge on any atom is 0.227 e. The van der Waals surface area contributed by atoms with E-state index in [1.54, 1.807) is 24.6 Å². The maximum atomic E-state index is 5.64. The Hall–Kier alpha value is -5.22. The first-order chi connectivity index (χ1) is 20.6. The number of anilines is 3. The second-order valence-electron chi connectivity index (χ2n) is 10.1. The van der Waals surface area contributed by atoms with Gasteiger partial charge in [0.2, 0.25) is 5.95 Å². The number of nitrogens with zero attached hydrogens (tertiary/aromatic N) is 6. The Balaban J connectivity index is 1.25. The molecular weight excluding hydrogens is 544 g/mol. The molecule has 3 aromatic carbocycles. The highest BCUT2D eigenvalue weighted by molar-refractivity contribution is 7.15. The average Bonchev–Trinajstić information content (AvgIpc) is 3.72. The number of imidazole rings is 2. The molecule has 0 saturated carbocycles. The highest BCUT2D eigenvalue weighted by Crippen LogP contribution is 2.36. The number of thiazole rings is 1. The predicted molar refractivity (Wildman–Crippen MR) is 169 cm³/mol. The molecule has 0 bridgehead atoms. The van der Waals surface area contributed by atoms with Crippen LogP contribution in [0.3, 0.4) is 0 Å². The fourth-order valence-corrected chi connectivity index (χ4v) is 5.76. The maximum absolute atomic E-state index is 5.64. The molecule has 42 heavy (non-hydrogen) atoms. The third-order valence-electron chi connectivity index (χ3n) is 7.13. The molecule has 0 aliphatic carbocycles. The molecule has 4 aromatic heterocycles. The molecule has 0 radical (unpaired) electrons. The topological polar surface area (TPSA) is 96.3 Å². The van der Waals surface area contributed by atoms with Crippen LogP contribution < -0.4 is 15.0 Å². The van der Waals surface area contributed by atoms with Gasteiger partial charge in [-0.2, -0.15) is 0 Å². The third-order valence-corrected chi connectivity index (χ3v) is 7.88. The number of benzene rings is 3. The van der Waals surface area contributed by atoms with Crippen molar-refractivity contribution in [2.75, 3.05) is 31.4 Å². The van der Waals surface area contributed by atoms with Gasteiger partial charge in [-0.25, -0.2) is 19.9 Å². The van der Waals surface area contributed by atoms with E-state index in [0.717, 1.165) is 62.3 Å². The number of ether oxygens (including phenoxy) is 1. The van der Waals surface area contributed by atoms with Crippen molar-refractivity contribution in [2.24, 2.45) is 0 Å². The summed E-state index contributed by atoms with van der Waals surface area (Å²) < 4.78 is 7.72. The molecule has 208 valence electrons. The molecule has 0 aliphatic rings. The predicted octanol–water partition coefficient (Wildman–Crippen LogP) is 6.81. The SMILES string of the molecule is COc1cc(N(C)C)ccc1Nc1nccc(-c2c(-c3ccc4nc(Cc5ccccc5)[nH]c4c3)nc3sccn23)n1. The summed E-state index contributed by atoms with van der Waals surface area (Å²) in [5, 5.41) is 5.36. The van der Waals surface area contributed by atoms with Crippen molar-refractivity contribution in [3.63, 3.8) is 0 Å². The fourth-order valence-electron chi connectivity index (χ4n) is 5.05. The van der Waals surface area contributed by atoms with Crippen LogP contribution in [0.25, 0.3) is 38.6 Å². The van der Waals surface area contributed by atoms with E-state index in [1.807, 2.05) is 79.1 Å². The second-order valence-corrected chi connectivity index (χ2v) is 11.0. The number of hydrogen-bond donors (Lipinski definition) is 2. The van der Waals surface area contributed by atoms with Gasteiger partial charge in [-0.3, -0.25) is 4.40 Å². The number of hydrogen-bond acceptors (Lipinski definition) is 8. The lowest BCUT2D eigenvalue weighted by molar-refractivity contribution is 0.417. The lowest BCUT2D eigenvalue weighted by Crippen LogP contribution is -2.09. The van der Waals surface area contributed by atoms with Crippen LogP contribution in [0.2, 0.25) is 0 Å². The number of rotatable bonds is 8. The summed E-state index contributed by atoms with van der Waals surface area (Å²) in [6.07, 6.45) is 4.53. The molecule has 7 aromatic rings. The summed E-state index contributed by atoms with van der Waals surface area (Å²) in [6, 6.07) is 24.5. The minimum atomic E-state index is 0.467. The van der Waals surface area contributed by atoms with Crippen LogP contribution >= 0.6 is 11.3 Å². The molecular formula is C32H28N8OS. The fraction of sp³-hybridized carbons (Fsp3) is 0.125. The average molecular weight is 573 g/mol. The molecule has 10 heteroatoms. The molecule has 0 spiro atoms. The van der Waals surface area contributed by atoms with Gasteiger partial charge in [-0.05, 0) is 35.9 Å². The first kappa shape index (κ1) is 25.7. The van der Waals surface area contributed by atoms with Crippen molar-refractivity contribution in [2.45, 2.75) is 6.42 Å². The van der Waals surface area contributed by atoms with E-state index in [0.29, 0.717) is 11.7 Å². The highest BCUT2D eigenvalue weighted by atomic mass is 32.1. The first-order valence-electron chi connectivity index (χ1n) is 13.5. The lowest BCUT2D eigenvalue weighted by atomic mass is 10.1. The zero-order valence-electron chi connectivity index (χ0n) is 23.4. The first-order valence-corrected chi connectivity index (χ1v) is 14.4. The van der Waals surface area contributed by atoms with Gasteiger partial charge in [-0.1, -0.05) is 36.4 Å². The standard InChI is InChI=1S/C32H28N8OS/c1-39(2)22-10-12-24(27(19-22)41-3)36-31-33-14-13-25(37-31)30-29(38-32-40(30)15-16-42-32)21-9-11-23-26(18-21)35-28(34-23)17-20-7-5-4-6-8-20/h4-16,18-19H,17H2,1-3H3,(H,34,35)(H,33,36,37). The van der Waals surface area contributed by atoms with Crippen LogP contribution in [-0.4, -0.2) is 50.5 Å². The normalized spacial score (nSPS) is 11.3. The van der Waals surface area contributed by atoms with E-state index in [4.69, 9.17) is 19.7 Å². The van der Waals surface area contributed by atoms with E-state index >= 15 is 0 Å². The summed E-state index contributed by atoms with van der Waals surface area (Å²) in [6.45, 7) is 0. The zero-order chi connectivity index (χ0) is 28.6. The molecule has 7 rings (SSSR count). The van der Waals surface area contributed by atoms with Crippen LogP contribution in [0.5, 0.6) is 5.75 Å². The molecule has 9 nitrogen and oxygen atoms in total. The van der Waals surface area contributed by atoms with Crippen LogP contribution in [0.4, 0.5) is 17.3 Å². The van der Waals surface area contributed by atoms with Crippen LogP contribution in [0.15, 0.2) is 90.6 Å². The van der Waals surface area contributed by atoms with Crippen LogP contribution in [0.1, 0.15) is 11.4 Å². The van der Waals surface area contributed by atoms with Crippen LogP contribution in [0, 0.1) is 0 Å². The monoisotopic (exact) mass is 572 g/mol. The van der Waals surface area contributed by atoms with Gasteiger partial charge >= 0.3 is 0 Å². The molecule has 0 aliphatic heterocycles. The molecule has 0 atom stereocenters. The Morgan fingerprint density at radius 3 is 2.69 bits per heavy atom. The van der Waals surface area contributed by atoms with E-state index in [-0.39, 0.29) is 0 Å². The van der Waals surface area contributed by atoms with Gasteiger partial charge in [-0.15, -0.1) is 11.3 Å². The molecule has 0 saturated heterocycles. The van der Waals surface area contributed by atoms with Crippen LogP contribution in [-0.2, 0) is 6.42 Å². The third kappa shape index (κ3) is 4.82. The Morgan fingerprint density at radius 1 is 0.976 bits per heavy atom. The van der Waals surface area contributed by atoms with Gasteiger partial charge in [0.25, 0.3) is 0 Å². The molecule has 0 fully saturated rings. The second kappa shape index (κ2) is 10.6. The van der Waals surface area contributed by atoms with E-state index in [9.17, 15) is 0 Å². The van der Waals surface area contributed by atoms with Gasteiger partial charge < -0.3 is 19.9 Å². The number of aromatic nitrogens is 6. The van der Waals surface area contributed by atoms with E-state index in [1.165, 1.54) is 5.56 Å². The van der Waals surface area contributed by atoms with Crippen molar-refractivity contribution in [1.82, 2.24) is 29.3 Å². The smallest absolute Gasteiger partial charge is 0.227 e. The number of methoxy groups -OCH3 is 1. The number of aromatic amines is 1. The van der Waals surface area contributed by atoms with Gasteiger partial charge in [0.1, 0.15) is 17.3 Å². The largest absolute Gasteiger partial charge is 0.494 e. The molecule has 2 N–H and O–H groups in total. The molecule has 4 heterocycles. The number of nitrogens with one attached hydrogen (secondary N) is 2. The van der Waals surface area contributed by atoms with Gasteiger partial charge in [0.15, 0.2) is 4.96 Å². The van der Waals surface area contributed by atoms with Crippen molar-refractivity contribution < 1.29 is 4.74 Å². The Kier molecular flexibility index (Phi) is 6.52. The summed E-state index contributed by atoms with van der Waals surface area (Å²) in [5.74, 6) is 2.11. The van der Waals surface area contributed by atoms with Crippen molar-refractivity contribution in [3.05, 3.63) is 102 Å². The Bertz CT molecular complexity index is 2030. The van der Waals surface area contributed by atoms with Gasteiger partial charge in [0.05, 0.1) is 35.2 Å². The minimum absolute atomic E-state index is 0.467. The minimum Gasteiger partial charge on any atom is -0.494 e. The molecule has 0 amide bonds. The Morgan fingerprint density at radius 2 is 1.86 bits per heavy atom. The highest BCUT2D eigenvalue weighted by Gasteiger charge is 2.20. The lowest BCUT2D eigenvalue weighted by Gasteiger charge is -2.16. The number of fused-ring (bicyclic) bond motifs is 2. The van der Waals surface area contributed by atoms with Crippen molar-refractivity contribution in [1.29, 1.82) is 0 Å². The zero-order valence-corrected chi connectivity index (χ0v) is 24.2. The summed E-state index contributed by atoms with van der Waals surface area (Å²) in [7, 11) is 5.65. The van der Waals surface area contributed by atoms with E-state index in [2.05, 4.69) is 44.0 Å². The van der Waals surface area contributed by atoms with E-state index < -0.39 is 0 Å². The Labute approximate surface area is 246 Å². The quantitative estimate of drug-likeness (QED) is 0.207. The van der Waals surface area contributed by atoms with Crippen molar-refractivity contribution in [3.8, 4) is 28.4 Å².